The Labute approximate surface area is 115 Å². The Morgan fingerprint density at radius 1 is 1.39 bits per heavy atom. The fourth-order valence-electron chi connectivity index (χ4n) is 1.48. The van der Waals surface area contributed by atoms with Crippen molar-refractivity contribution in [2.24, 2.45) is 0 Å². The smallest absolute Gasteiger partial charge is 0.265 e. The van der Waals surface area contributed by atoms with Crippen molar-refractivity contribution in [3.8, 4) is 0 Å². The number of ether oxygens (including phenoxy) is 2. The second kappa shape index (κ2) is 7.56. The lowest BCUT2D eigenvalue weighted by Crippen LogP contribution is -2.23. The van der Waals surface area contributed by atoms with E-state index in [-0.39, 0.29) is 5.56 Å². The van der Waals surface area contributed by atoms with Gasteiger partial charge in [-0.15, -0.1) is 0 Å². The van der Waals surface area contributed by atoms with Crippen molar-refractivity contribution in [1.29, 1.82) is 0 Å². The molecule has 0 radical (unpaired) electrons. The second-order valence-electron chi connectivity index (χ2n) is 3.98. The van der Waals surface area contributed by atoms with Gasteiger partial charge in [-0.1, -0.05) is 0 Å². The van der Waals surface area contributed by atoms with E-state index in [0.29, 0.717) is 36.5 Å². The summed E-state index contributed by atoms with van der Waals surface area (Å²) in [5.74, 6) is 0. The van der Waals surface area contributed by atoms with E-state index in [4.69, 9.17) is 15.2 Å². The molecule has 0 aliphatic rings. The molecule has 1 heterocycles. The Bertz CT molecular complexity index is 446. The minimum atomic E-state index is -0.0569. The lowest BCUT2D eigenvalue weighted by Gasteiger charge is -2.10. The number of pyridine rings is 1. The third-order valence-electron chi connectivity index (χ3n) is 2.63. The van der Waals surface area contributed by atoms with Gasteiger partial charge in [0.25, 0.3) is 5.56 Å². The van der Waals surface area contributed by atoms with E-state index in [9.17, 15) is 4.79 Å². The molecule has 0 atom stereocenters. The molecule has 1 aromatic rings. The normalized spacial score (nSPS) is 10.8. The van der Waals surface area contributed by atoms with Gasteiger partial charge >= 0.3 is 0 Å². The third-order valence-corrected chi connectivity index (χ3v) is 3.56. The summed E-state index contributed by atoms with van der Waals surface area (Å²) in [6.45, 7) is 4.17. The largest absolute Gasteiger partial charge is 0.397 e. The lowest BCUT2D eigenvalue weighted by molar-refractivity contribution is 0.0679. The predicted molar refractivity (Wildman–Crippen MR) is 74.9 cm³/mol. The van der Waals surface area contributed by atoms with E-state index in [1.54, 1.807) is 17.9 Å². The number of halogens is 1. The van der Waals surface area contributed by atoms with Gasteiger partial charge in [0.05, 0.1) is 23.4 Å². The molecule has 0 aliphatic heterocycles. The monoisotopic (exact) mass is 318 g/mol. The number of aromatic nitrogens is 1. The first-order valence-corrected chi connectivity index (χ1v) is 6.59. The van der Waals surface area contributed by atoms with Crippen LogP contribution in [0.25, 0.3) is 0 Å². The zero-order valence-corrected chi connectivity index (χ0v) is 12.3. The fourth-order valence-corrected chi connectivity index (χ4v) is 1.94. The fraction of sp³-hybridized carbons (Fsp3) is 0.583. The van der Waals surface area contributed by atoms with Gasteiger partial charge < -0.3 is 19.8 Å². The molecule has 0 amide bonds. The number of rotatable bonds is 7. The molecule has 0 fully saturated rings. The van der Waals surface area contributed by atoms with Crippen molar-refractivity contribution < 1.29 is 9.47 Å². The van der Waals surface area contributed by atoms with Crippen LogP contribution in [0.3, 0.4) is 0 Å². The highest BCUT2D eigenvalue weighted by molar-refractivity contribution is 9.10. The molecule has 2 N–H and O–H groups in total. The minimum Gasteiger partial charge on any atom is -0.397 e. The van der Waals surface area contributed by atoms with Crippen LogP contribution in [0, 0.1) is 6.92 Å². The Hall–Kier alpha value is -0.850. The van der Waals surface area contributed by atoms with E-state index in [1.165, 1.54) is 0 Å². The number of hydrogen-bond acceptors (Lipinski definition) is 4. The van der Waals surface area contributed by atoms with Crippen LogP contribution in [-0.2, 0) is 16.0 Å². The lowest BCUT2D eigenvalue weighted by atomic mass is 10.2. The molecule has 0 saturated heterocycles. The molecule has 0 spiro atoms. The van der Waals surface area contributed by atoms with Gasteiger partial charge in [-0.25, -0.2) is 0 Å². The van der Waals surface area contributed by atoms with Crippen molar-refractivity contribution >= 4 is 21.6 Å². The van der Waals surface area contributed by atoms with Crippen LogP contribution in [0.5, 0.6) is 0 Å². The van der Waals surface area contributed by atoms with Crippen LogP contribution in [-0.4, -0.2) is 31.5 Å². The molecule has 1 rings (SSSR count). The first kappa shape index (κ1) is 15.2. The van der Waals surface area contributed by atoms with Crippen LogP contribution >= 0.6 is 15.9 Å². The molecule has 1 aromatic heterocycles. The van der Waals surface area contributed by atoms with Crippen LogP contribution in [0.4, 0.5) is 5.69 Å². The molecule has 18 heavy (non-hydrogen) atoms. The number of nitrogen functional groups attached to an aromatic ring is 1. The average molecular weight is 319 g/mol. The zero-order valence-electron chi connectivity index (χ0n) is 10.7. The van der Waals surface area contributed by atoms with E-state index < -0.39 is 0 Å². The van der Waals surface area contributed by atoms with Gasteiger partial charge in [0.15, 0.2) is 0 Å². The number of hydrogen-bond donors (Lipinski definition) is 1. The molecule has 5 nitrogen and oxygen atoms in total. The van der Waals surface area contributed by atoms with Gasteiger partial charge in [-0.2, -0.15) is 0 Å². The Balaban J connectivity index is 2.51. The highest BCUT2D eigenvalue weighted by Gasteiger charge is 2.07. The maximum atomic E-state index is 11.9. The number of nitrogens with two attached hydrogens (primary N) is 1. The molecule has 0 saturated carbocycles. The molecule has 102 valence electrons. The number of aryl methyl sites for hydroxylation is 1. The van der Waals surface area contributed by atoms with Crippen molar-refractivity contribution in [3.63, 3.8) is 0 Å². The first-order chi connectivity index (χ1) is 8.57. The molecular formula is C12H19BrN2O3. The summed E-state index contributed by atoms with van der Waals surface area (Å²) in [5.41, 5.74) is 7.16. The zero-order chi connectivity index (χ0) is 13.5. The summed E-state index contributed by atoms with van der Waals surface area (Å²) in [6, 6.07) is 0. The topological polar surface area (TPSA) is 66.5 Å². The van der Waals surface area contributed by atoms with E-state index in [2.05, 4.69) is 15.9 Å². The number of anilines is 1. The van der Waals surface area contributed by atoms with Gasteiger partial charge in [0, 0.05) is 26.5 Å². The Morgan fingerprint density at radius 3 is 2.78 bits per heavy atom. The first-order valence-electron chi connectivity index (χ1n) is 5.79. The van der Waals surface area contributed by atoms with Crippen LogP contribution < -0.4 is 11.3 Å². The standard InChI is InChI=1S/C12H19BrN2O3/c1-9-10(14)8-15(12(16)11(9)13)4-3-5-18-7-6-17-2/h8H,3-7,14H2,1-2H3. The summed E-state index contributed by atoms with van der Waals surface area (Å²) in [7, 11) is 1.63. The van der Waals surface area contributed by atoms with Crippen LogP contribution in [0.2, 0.25) is 0 Å². The summed E-state index contributed by atoms with van der Waals surface area (Å²) < 4.78 is 12.3. The van der Waals surface area contributed by atoms with Crippen molar-refractivity contribution in [2.75, 3.05) is 32.7 Å². The SMILES string of the molecule is COCCOCCCn1cc(N)c(C)c(Br)c1=O. The maximum Gasteiger partial charge on any atom is 0.265 e. The highest BCUT2D eigenvalue weighted by Crippen LogP contribution is 2.16. The quantitative estimate of drug-likeness (QED) is 0.775. The van der Waals surface area contributed by atoms with E-state index in [1.807, 2.05) is 6.92 Å². The second-order valence-corrected chi connectivity index (χ2v) is 4.77. The van der Waals surface area contributed by atoms with Crippen molar-refractivity contribution in [2.45, 2.75) is 19.9 Å². The maximum absolute atomic E-state index is 11.9. The van der Waals surface area contributed by atoms with E-state index >= 15 is 0 Å². The summed E-state index contributed by atoms with van der Waals surface area (Å²) >= 11 is 3.26. The van der Waals surface area contributed by atoms with E-state index in [0.717, 1.165) is 12.0 Å². The highest BCUT2D eigenvalue weighted by atomic mass is 79.9. The molecule has 0 bridgehead atoms. The van der Waals surface area contributed by atoms with Gasteiger partial charge in [-0.3, -0.25) is 4.79 Å². The summed E-state index contributed by atoms with van der Waals surface area (Å²) in [4.78, 5) is 11.9. The molecule has 0 unspecified atom stereocenters. The van der Waals surface area contributed by atoms with Crippen molar-refractivity contribution in [1.82, 2.24) is 4.57 Å². The average Bonchev–Trinajstić information content (AvgIpc) is 2.37. The Kier molecular flexibility index (Phi) is 6.38. The Morgan fingerprint density at radius 2 is 2.11 bits per heavy atom. The molecule has 6 heteroatoms. The van der Waals surface area contributed by atoms with Crippen LogP contribution in [0.1, 0.15) is 12.0 Å². The summed E-state index contributed by atoms with van der Waals surface area (Å²) in [5, 5.41) is 0. The summed E-state index contributed by atoms with van der Waals surface area (Å²) in [6.07, 6.45) is 2.44. The number of nitrogens with zero attached hydrogens (tertiary/aromatic N) is 1. The predicted octanol–water partition coefficient (Wildman–Crippen LogP) is 1.55. The number of methoxy groups -OCH3 is 1. The molecule has 0 aliphatic carbocycles. The van der Waals surface area contributed by atoms with Crippen molar-refractivity contribution in [3.05, 3.63) is 26.6 Å². The van der Waals surface area contributed by atoms with Gasteiger partial charge in [0.2, 0.25) is 0 Å². The van der Waals surface area contributed by atoms with Crippen LogP contribution in [0.15, 0.2) is 15.5 Å². The third kappa shape index (κ3) is 4.12. The van der Waals surface area contributed by atoms with Gasteiger partial charge in [-0.05, 0) is 34.8 Å². The molecule has 0 aromatic carbocycles. The van der Waals surface area contributed by atoms with Gasteiger partial charge in [0.1, 0.15) is 0 Å². The minimum absolute atomic E-state index is 0.0569. The molecular weight excluding hydrogens is 300 g/mol.